The van der Waals surface area contributed by atoms with Crippen molar-refractivity contribution in [3.05, 3.63) is 35.6 Å². The van der Waals surface area contributed by atoms with Crippen molar-refractivity contribution in [2.24, 2.45) is 5.92 Å². The zero-order valence-corrected chi connectivity index (χ0v) is 10.5. The van der Waals surface area contributed by atoms with Crippen molar-refractivity contribution in [1.82, 2.24) is 10.2 Å². The summed E-state index contributed by atoms with van der Waals surface area (Å²) in [7, 11) is 2.14. The van der Waals surface area contributed by atoms with Crippen molar-refractivity contribution in [1.29, 1.82) is 0 Å². The van der Waals surface area contributed by atoms with Crippen LogP contribution in [0.2, 0.25) is 0 Å². The average Bonchev–Trinajstić information content (AvgIpc) is 2.33. The van der Waals surface area contributed by atoms with Crippen LogP contribution in [0.3, 0.4) is 0 Å². The molecule has 1 heterocycles. The molecule has 94 valence electrons. The highest BCUT2D eigenvalue weighted by Gasteiger charge is 2.14. The van der Waals surface area contributed by atoms with Gasteiger partial charge in [0.05, 0.1) is 0 Å². The quantitative estimate of drug-likeness (QED) is 0.862. The van der Waals surface area contributed by atoms with Crippen molar-refractivity contribution in [2.45, 2.75) is 19.4 Å². The highest BCUT2D eigenvalue weighted by Crippen LogP contribution is 2.13. The Labute approximate surface area is 103 Å². The smallest absolute Gasteiger partial charge is 0.123 e. The fourth-order valence-corrected chi connectivity index (χ4v) is 2.49. The highest BCUT2D eigenvalue weighted by molar-refractivity contribution is 5.15. The lowest BCUT2D eigenvalue weighted by Crippen LogP contribution is -2.36. The number of rotatable bonds is 4. The highest BCUT2D eigenvalue weighted by atomic mass is 19.1. The van der Waals surface area contributed by atoms with Gasteiger partial charge in [0.2, 0.25) is 0 Å². The summed E-state index contributed by atoms with van der Waals surface area (Å²) in [5.74, 6) is 0.599. The molecule has 0 aromatic heterocycles. The van der Waals surface area contributed by atoms with Crippen LogP contribution in [0.25, 0.3) is 0 Å². The van der Waals surface area contributed by atoms with E-state index in [-0.39, 0.29) is 5.82 Å². The molecule has 2 nitrogen and oxygen atoms in total. The molecular weight excluding hydrogens is 215 g/mol. The summed E-state index contributed by atoms with van der Waals surface area (Å²) in [6.07, 6.45) is 2.61. The molecule has 2 rings (SSSR count). The molecule has 0 aliphatic carbocycles. The first-order valence-electron chi connectivity index (χ1n) is 6.38. The summed E-state index contributed by atoms with van der Waals surface area (Å²) < 4.78 is 12.8. The first kappa shape index (κ1) is 12.5. The third-order valence-electron chi connectivity index (χ3n) is 3.33. The van der Waals surface area contributed by atoms with Gasteiger partial charge < -0.3 is 10.2 Å². The lowest BCUT2D eigenvalue weighted by Gasteiger charge is -2.27. The van der Waals surface area contributed by atoms with Gasteiger partial charge in [0.15, 0.2) is 0 Å². The molecule has 1 aromatic rings. The molecular formula is C14H21FN2. The first-order chi connectivity index (χ1) is 8.24. The van der Waals surface area contributed by atoms with Crippen molar-refractivity contribution in [3.63, 3.8) is 0 Å². The van der Waals surface area contributed by atoms with Crippen LogP contribution in [0, 0.1) is 11.7 Å². The van der Waals surface area contributed by atoms with Gasteiger partial charge in [0, 0.05) is 13.1 Å². The third-order valence-corrected chi connectivity index (χ3v) is 3.33. The molecule has 0 bridgehead atoms. The Hall–Kier alpha value is -0.930. The van der Waals surface area contributed by atoms with Crippen LogP contribution in [0.15, 0.2) is 24.3 Å². The Morgan fingerprint density at radius 3 is 2.76 bits per heavy atom. The summed E-state index contributed by atoms with van der Waals surface area (Å²) in [6.45, 7) is 4.31. The Kier molecular flexibility index (Phi) is 4.51. The van der Waals surface area contributed by atoms with E-state index in [1.807, 2.05) is 12.1 Å². The zero-order valence-electron chi connectivity index (χ0n) is 10.5. The number of benzene rings is 1. The summed E-state index contributed by atoms with van der Waals surface area (Å²) >= 11 is 0. The maximum atomic E-state index is 12.8. The Morgan fingerprint density at radius 1 is 1.35 bits per heavy atom. The minimum atomic E-state index is -0.159. The molecule has 1 N–H and O–H groups in total. The Morgan fingerprint density at radius 2 is 2.12 bits per heavy atom. The standard InChI is InChI=1S/C14H21FN2/c1-17(11-13-3-2-8-16-9-13)10-12-4-6-14(15)7-5-12/h4-7,13,16H,2-3,8-11H2,1H3. The monoisotopic (exact) mass is 236 g/mol. The fraction of sp³-hybridized carbons (Fsp3) is 0.571. The van der Waals surface area contributed by atoms with Gasteiger partial charge in [-0.25, -0.2) is 4.39 Å². The number of nitrogens with zero attached hydrogens (tertiary/aromatic N) is 1. The lowest BCUT2D eigenvalue weighted by molar-refractivity contribution is 0.237. The number of nitrogens with one attached hydrogen (secondary N) is 1. The first-order valence-corrected chi connectivity index (χ1v) is 6.38. The molecule has 17 heavy (non-hydrogen) atoms. The van der Waals surface area contributed by atoms with Crippen molar-refractivity contribution < 1.29 is 4.39 Å². The van der Waals surface area contributed by atoms with E-state index in [2.05, 4.69) is 17.3 Å². The molecule has 1 aromatic carbocycles. The molecule has 0 amide bonds. The van der Waals surface area contributed by atoms with Crippen LogP contribution in [-0.2, 0) is 6.54 Å². The second kappa shape index (κ2) is 6.12. The predicted octanol–water partition coefficient (Wildman–Crippen LogP) is 2.26. The van der Waals surface area contributed by atoms with Gasteiger partial charge in [-0.15, -0.1) is 0 Å². The van der Waals surface area contributed by atoms with E-state index < -0.39 is 0 Å². The molecule has 1 unspecified atom stereocenters. The molecule has 0 radical (unpaired) electrons. The van der Waals surface area contributed by atoms with Gasteiger partial charge >= 0.3 is 0 Å². The molecule has 3 heteroatoms. The normalized spacial score (nSPS) is 20.8. The van der Waals surface area contributed by atoms with Gasteiger partial charge in [0.25, 0.3) is 0 Å². The van der Waals surface area contributed by atoms with Crippen LogP contribution >= 0.6 is 0 Å². The van der Waals surface area contributed by atoms with Crippen LogP contribution < -0.4 is 5.32 Å². The molecule has 0 spiro atoms. The van der Waals surface area contributed by atoms with Crippen LogP contribution in [-0.4, -0.2) is 31.6 Å². The summed E-state index contributed by atoms with van der Waals surface area (Å²) in [5.41, 5.74) is 1.18. The van der Waals surface area contributed by atoms with Crippen LogP contribution in [0.4, 0.5) is 4.39 Å². The molecule has 1 aliphatic heterocycles. The van der Waals surface area contributed by atoms with Gasteiger partial charge in [-0.1, -0.05) is 12.1 Å². The molecule has 1 fully saturated rings. The topological polar surface area (TPSA) is 15.3 Å². The lowest BCUT2D eigenvalue weighted by atomic mass is 9.99. The third kappa shape index (κ3) is 4.10. The minimum absolute atomic E-state index is 0.159. The van der Waals surface area contributed by atoms with Crippen molar-refractivity contribution in [3.8, 4) is 0 Å². The average molecular weight is 236 g/mol. The number of hydrogen-bond acceptors (Lipinski definition) is 2. The summed E-state index contributed by atoms with van der Waals surface area (Å²) in [5, 5.41) is 3.44. The predicted molar refractivity (Wildman–Crippen MR) is 68.3 cm³/mol. The molecule has 1 atom stereocenters. The van der Waals surface area contributed by atoms with Crippen LogP contribution in [0.1, 0.15) is 18.4 Å². The summed E-state index contributed by atoms with van der Waals surface area (Å²) in [6, 6.07) is 6.80. The Balaban J connectivity index is 1.79. The van der Waals surface area contributed by atoms with Crippen LogP contribution in [0.5, 0.6) is 0 Å². The van der Waals surface area contributed by atoms with E-state index in [4.69, 9.17) is 0 Å². The van der Waals surface area contributed by atoms with E-state index in [1.54, 1.807) is 0 Å². The fourth-order valence-electron chi connectivity index (χ4n) is 2.49. The number of piperidine rings is 1. The molecule has 1 aliphatic rings. The second-order valence-corrected chi connectivity index (χ2v) is 5.04. The maximum Gasteiger partial charge on any atom is 0.123 e. The van der Waals surface area contributed by atoms with E-state index in [1.165, 1.54) is 30.5 Å². The van der Waals surface area contributed by atoms with Crippen molar-refractivity contribution in [2.75, 3.05) is 26.7 Å². The van der Waals surface area contributed by atoms with Gasteiger partial charge in [0.1, 0.15) is 5.82 Å². The Bertz CT molecular complexity index is 331. The largest absolute Gasteiger partial charge is 0.316 e. The summed E-state index contributed by atoms with van der Waals surface area (Å²) in [4.78, 5) is 2.32. The molecule has 0 saturated carbocycles. The number of hydrogen-bond donors (Lipinski definition) is 1. The SMILES string of the molecule is CN(Cc1ccc(F)cc1)CC1CCCNC1. The number of halogens is 1. The van der Waals surface area contributed by atoms with E-state index in [0.717, 1.165) is 32.1 Å². The van der Waals surface area contributed by atoms with Gasteiger partial charge in [-0.2, -0.15) is 0 Å². The van der Waals surface area contributed by atoms with Gasteiger partial charge in [-0.3, -0.25) is 0 Å². The minimum Gasteiger partial charge on any atom is -0.316 e. The molecule has 1 saturated heterocycles. The van der Waals surface area contributed by atoms with E-state index in [0.29, 0.717) is 0 Å². The van der Waals surface area contributed by atoms with E-state index in [9.17, 15) is 4.39 Å². The van der Waals surface area contributed by atoms with Crippen molar-refractivity contribution >= 4 is 0 Å². The van der Waals surface area contributed by atoms with Gasteiger partial charge in [-0.05, 0) is 56.6 Å². The second-order valence-electron chi connectivity index (χ2n) is 5.04. The van der Waals surface area contributed by atoms with E-state index >= 15 is 0 Å². The zero-order chi connectivity index (χ0) is 12.1. The maximum absolute atomic E-state index is 12.8.